The number of unbranched alkanes of at least 4 members (excludes halogenated alkanes) is 1. The van der Waals surface area contributed by atoms with Crippen LogP contribution in [0.3, 0.4) is 0 Å². The summed E-state index contributed by atoms with van der Waals surface area (Å²) in [5.41, 5.74) is 5.44. The third kappa shape index (κ3) is 2.97. The molecule has 0 aliphatic heterocycles. The van der Waals surface area contributed by atoms with Gasteiger partial charge in [-0.05, 0) is 42.0 Å². The maximum atomic E-state index is 3.90. The molecule has 0 bridgehead atoms. The van der Waals surface area contributed by atoms with Crippen LogP contribution in [0.4, 0.5) is 0 Å². The van der Waals surface area contributed by atoms with Gasteiger partial charge in [0.1, 0.15) is 0 Å². The van der Waals surface area contributed by atoms with Gasteiger partial charge in [-0.1, -0.05) is 61.9 Å². The predicted octanol–water partition coefficient (Wildman–Crippen LogP) is 4.82. The van der Waals surface area contributed by atoms with E-state index in [4.69, 9.17) is 0 Å². The Morgan fingerprint density at radius 1 is 0.941 bits per heavy atom. The molecule has 2 aromatic rings. The first-order valence-corrected chi connectivity index (χ1v) is 6.25. The molecule has 87 valence electrons. The smallest absolute Gasteiger partial charge is 0.0181 e. The van der Waals surface area contributed by atoms with Crippen LogP contribution in [-0.4, -0.2) is 0 Å². The second-order valence-corrected chi connectivity index (χ2v) is 4.46. The molecule has 0 atom stereocenters. The van der Waals surface area contributed by atoms with Crippen molar-refractivity contribution in [3.8, 4) is 11.1 Å². The average Bonchev–Trinajstić information content (AvgIpc) is 2.38. The monoisotopic (exact) mass is 223 g/mol. The van der Waals surface area contributed by atoms with Crippen LogP contribution in [0.15, 0.2) is 48.5 Å². The van der Waals surface area contributed by atoms with Crippen LogP contribution in [0.2, 0.25) is 0 Å². The Hall–Kier alpha value is -1.56. The summed E-state index contributed by atoms with van der Waals surface area (Å²) < 4.78 is 0. The molecule has 0 heterocycles. The summed E-state index contributed by atoms with van der Waals surface area (Å²) in [5, 5.41) is 0. The molecule has 1 radical (unpaired) electrons. The lowest BCUT2D eigenvalue weighted by Crippen LogP contribution is -1.90. The van der Waals surface area contributed by atoms with E-state index in [9.17, 15) is 0 Å². The van der Waals surface area contributed by atoms with Gasteiger partial charge in [-0.2, -0.15) is 0 Å². The first-order chi connectivity index (χ1) is 8.31. The van der Waals surface area contributed by atoms with Crippen molar-refractivity contribution >= 4 is 0 Å². The average molecular weight is 223 g/mol. The van der Waals surface area contributed by atoms with E-state index in [0.29, 0.717) is 0 Å². The predicted molar refractivity (Wildman–Crippen MR) is 74.9 cm³/mol. The first-order valence-electron chi connectivity index (χ1n) is 6.25. The summed E-state index contributed by atoms with van der Waals surface area (Å²) in [7, 11) is 0. The Bertz CT molecular complexity index is 469. The Kier molecular flexibility index (Phi) is 3.98. The molecule has 0 unspecified atom stereocenters. The van der Waals surface area contributed by atoms with Gasteiger partial charge in [0.05, 0.1) is 0 Å². The highest BCUT2D eigenvalue weighted by atomic mass is 14.1. The Morgan fingerprint density at radius 2 is 1.71 bits per heavy atom. The van der Waals surface area contributed by atoms with Crippen molar-refractivity contribution in [2.24, 2.45) is 0 Å². The van der Waals surface area contributed by atoms with Gasteiger partial charge >= 0.3 is 0 Å². The lowest BCUT2D eigenvalue weighted by atomic mass is 9.97. The Labute approximate surface area is 104 Å². The molecule has 0 amide bonds. The third-order valence-corrected chi connectivity index (χ3v) is 3.15. The minimum atomic E-state index is 1.01. The van der Waals surface area contributed by atoms with E-state index in [1.807, 2.05) is 0 Å². The van der Waals surface area contributed by atoms with Crippen molar-refractivity contribution in [3.63, 3.8) is 0 Å². The van der Waals surface area contributed by atoms with Gasteiger partial charge in [0.2, 0.25) is 0 Å². The fourth-order valence-corrected chi connectivity index (χ4v) is 2.10. The highest BCUT2D eigenvalue weighted by Gasteiger charge is 2.01. The van der Waals surface area contributed by atoms with Crippen molar-refractivity contribution in [2.45, 2.75) is 26.2 Å². The quantitative estimate of drug-likeness (QED) is 0.697. The molecule has 0 N–H and O–H groups in total. The van der Waals surface area contributed by atoms with E-state index in [-0.39, 0.29) is 0 Å². The van der Waals surface area contributed by atoms with Crippen molar-refractivity contribution in [2.75, 3.05) is 0 Å². The maximum absolute atomic E-state index is 3.90. The number of hydrogen-bond donors (Lipinski definition) is 0. The molecule has 0 heteroatoms. The van der Waals surface area contributed by atoms with Gasteiger partial charge < -0.3 is 0 Å². The van der Waals surface area contributed by atoms with Gasteiger partial charge in [-0.3, -0.25) is 0 Å². The van der Waals surface area contributed by atoms with Gasteiger partial charge in [0, 0.05) is 0 Å². The Balaban J connectivity index is 2.25. The van der Waals surface area contributed by atoms with Crippen LogP contribution >= 0.6 is 0 Å². The van der Waals surface area contributed by atoms with Gasteiger partial charge in [0.15, 0.2) is 0 Å². The largest absolute Gasteiger partial charge is 0.0622 e. The van der Waals surface area contributed by atoms with Crippen LogP contribution in [0.5, 0.6) is 0 Å². The highest BCUT2D eigenvalue weighted by molar-refractivity contribution is 5.64. The zero-order valence-electron chi connectivity index (χ0n) is 10.4. The molecule has 2 aromatic carbocycles. The van der Waals surface area contributed by atoms with Crippen molar-refractivity contribution < 1.29 is 0 Å². The molecule has 0 fully saturated rings. The second-order valence-electron chi connectivity index (χ2n) is 4.46. The second kappa shape index (κ2) is 5.67. The minimum absolute atomic E-state index is 1.01. The van der Waals surface area contributed by atoms with E-state index in [1.165, 1.54) is 28.7 Å². The molecule has 0 saturated heterocycles. The van der Waals surface area contributed by atoms with Crippen molar-refractivity contribution in [1.29, 1.82) is 0 Å². The summed E-state index contributed by atoms with van der Waals surface area (Å²) in [6.07, 6.45) is 3.33. The zero-order valence-corrected chi connectivity index (χ0v) is 10.4. The van der Waals surface area contributed by atoms with Crippen LogP contribution in [0, 0.1) is 13.8 Å². The van der Waals surface area contributed by atoms with E-state index < -0.39 is 0 Å². The standard InChI is InChI=1S/C17H19/c1-3-4-8-15-11-12-17(13-14(15)2)16-9-6-5-7-10-16/h5-7,9-13H,1,3-4,8H2,2H3. The maximum Gasteiger partial charge on any atom is -0.0181 e. The Morgan fingerprint density at radius 3 is 2.35 bits per heavy atom. The molecular weight excluding hydrogens is 204 g/mol. The summed E-state index contributed by atoms with van der Waals surface area (Å²) >= 11 is 0. The molecule has 0 aliphatic rings. The van der Waals surface area contributed by atoms with E-state index in [2.05, 4.69) is 62.4 Å². The van der Waals surface area contributed by atoms with Crippen molar-refractivity contribution in [3.05, 3.63) is 66.6 Å². The number of aryl methyl sites for hydroxylation is 2. The molecule has 17 heavy (non-hydrogen) atoms. The summed E-state index contributed by atoms with van der Waals surface area (Å²) in [4.78, 5) is 0. The van der Waals surface area contributed by atoms with Gasteiger partial charge in [0.25, 0.3) is 0 Å². The molecule has 0 aliphatic carbocycles. The van der Waals surface area contributed by atoms with Crippen LogP contribution in [0.25, 0.3) is 11.1 Å². The molecular formula is C17H19. The first kappa shape index (κ1) is 11.9. The molecule has 0 aromatic heterocycles. The van der Waals surface area contributed by atoms with Crippen LogP contribution < -0.4 is 0 Å². The SMILES string of the molecule is [CH2]CCCc1ccc(-c2ccccc2)cc1C. The molecule has 0 spiro atoms. The summed E-state index contributed by atoms with van der Waals surface area (Å²) in [6.45, 7) is 6.09. The van der Waals surface area contributed by atoms with Crippen molar-refractivity contribution in [1.82, 2.24) is 0 Å². The van der Waals surface area contributed by atoms with E-state index >= 15 is 0 Å². The minimum Gasteiger partial charge on any atom is -0.0622 e. The fraction of sp³-hybridized carbons (Fsp3) is 0.235. The lowest BCUT2D eigenvalue weighted by Gasteiger charge is -2.08. The fourth-order valence-electron chi connectivity index (χ4n) is 2.10. The van der Waals surface area contributed by atoms with E-state index in [0.717, 1.165) is 12.8 Å². The van der Waals surface area contributed by atoms with Gasteiger partial charge in [-0.25, -0.2) is 0 Å². The topological polar surface area (TPSA) is 0 Å². The zero-order chi connectivity index (χ0) is 12.1. The normalized spacial score (nSPS) is 10.5. The molecule has 2 rings (SSSR count). The summed E-state index contributed by atoms with van der Waals surface area (Å²) in [5.74, 6) is 0. The number of rotatable bonds is 4. The lowest BCUT2D eigenvalue weighted by molar-refractivity contribution is 0.836. The number of benzene rings is 2. The number of hydrogen-bond acceptors (Lipinski definition) is 0. The molecule has 0 nitrogen and oxygen atoms in total. The highest BCUT2D eigenvalue weighted by Crippen LogP contribution is 2.22. The van der Waals surface area contributed by atoms with E-state index in [1.54, 1.807) is 0 Å². The van der Waals surface area contributed by atoms with Crippen LogP contribution in [0.1, 0.15) is 24.0 Å². The van der Waals surface area contributed by atoms with Gasteiger partial charge in [-0.15, -0.1) is 0 Å². The molecule has 0 saturated carbocycles. The summed E-state index contributed by atoms with van der Waals surface area (Å²) in [6, 6.07) is 17.3. The third-order valence-electron chi connectivity index (χ3n) is 3.15. The van der Waals surface area contributed by atoms with Crippen LogP contribution in [-0.2, 0) is 6.42 Å².